The topological polar surface area (TPSA) is 106 Å². The van der Waals surface area contributed by atoms with Gasteiger partial charge >= 0.3 is 0 Å². The van der Waals surface area contributed by atoms with Gasteiger partial charge in [-0.2, -0.15) is 0 Å². The summed E-state index contributed by atoms with van der Waals surface area (Å²) in [4.78, 5) is 41.6. The lowest BCUT2D eigenvalue weighted by Gasteiger charge is -2.14. The summed E-state index contributed by atoms with van der Waals surface area (Å²) in [6, 6.07) is 21.0. The molecule has 0 fully saturated rings. The smallest absolute Gasteiger partial charge is 0.278 e. The lowest BCUT2D eigenvalue weighted by molar-refractivity contribution is -0.137. The van der Waals surface area contributed by atoms with Crippen molar-refractivity contribution in [3.63, 3.8) is 0 Å². The van der Waals surface area contributed by atoms with Crippen LogP contribution in [0.15, 0.2) is 88.3 Å². The Bertz CT molecular complexity index is 1370. The number of nitrogens with one attached hydrogen (secondary N) is 2. The first-order valence-corrected chi connectivity index (χ1v) is 13.0. The zero-order chi connectivity index (χ0) is 27.8. The summed E-state index contributed by atoms with van der Waals surface area (Å²) in [5, 5.41) is 5.99. The first-order chi connectivity index (χ1) is 18.9. The van der Waals surface area contributed by atoms with Crippen LogP contribution in [0.5, 0.6) is 11.5 Å². The van der Waals surface area contributed by atoms with E-state index >= 15 is 0 Å². The third kappa shape index (κ3) is 6.78. The minimum atomic E-state index is -0.404. The molecule has 39 heavy (non-hydrogen) atoms. The predicted molar refractivity (Wildman–Crippen MR) is 150 cm³/mol. The second kappa shape index (κ2) is 13.0. The number of hydrogen-bond donors (Lipinski definition) is 2. The lowest BCUT2D eigenvalue weighted by Crippen LogP contribution is -2.33. The molecule has 0 unspecified atom stereocenters. The maximum atomic E-state index is 13.4. The van der Waals surface area contributed by atoms with Gasteiger partial charge in [0.15, 0.2) is 0 Å². The molecular weight excluding hydrogens is 518 g/mol. The molecule has 1 aliphatic heterocycles. The van der Waals surface area contributed by atoms with Crippen molar-refractivity contribution in [2.24, 2.45) is 0 Å². The highest BCUT2D eigenvalue weighted by atomic mass is 32.2. The fourth-order valence-electron chi connectivity index (χ4n) is 3.85. The Labute approximate surface area is 231 Å². The molecule has 3 aromatic rings. The number of nitrogens with zero attached hydrogens (tertiary/aromatic N) is 1. The van der Waals surface area contributed by atoms with Crippen molar-refractivity contribution in [2.45, 2.75) is 11.3 Å². The van der Waals surface area contributed by atoms with Crippen LogP contribution >= 0.6 is 11.8 Å². The van der Waals surface area contributed by atoms with Crippen LogP contribution in [0.4, 0.5) is 11.4 Å². The fourth-order valence-corrected chi connectivity index (χ4v) is 4.85. The van der Waals surface area contributed by atoms with Crippen molar-refractivity contribution in [1.82, 2.24) is 4.90 Å². The van der Waals surface area contributed by atoms with Crippen molar-refractivity contribution in [1.29, 1.82) is 0 Å². The van der Waals surface area contributed by atoms with E-state index in [1.165, 1.54) is 4.90 Å². The number of methoxy groups -OCH3 is 3. The third-order valence-corrected chi connectivity index (χ3v) is 6.95. The number of rotatable bonds is 12. The second-order valence-corrected chi connectivity index (χ2v) is 9.56. The summed E-state index contributed by atoms with van der Waals surface area (Å²) in [6.45, 7) is 0.665. The zero-order valence-electron chi connectivity index (χ0n) is 21.9. The number of anilines is 2. The lowest BCUT2D eigenvalue weighted by atomic mass is 10.2. The number of amides is 3. The van der Waals surface area contributed by atoms with Crippen LogP contribution in [0.2, 0.25) is 0 Å². The van der Waals surface area contributed by atoms with Crippen molar-refractivity contribution < 1.29 is 28.6 Å². The van der Waals surface area contributed by atoms with E-state index in [-0.39, 0.29) is 29.0 Å². The number of thioether (sulfide) groups is 1. The molecule has 4 rings (SSSR count). The largest absolute Gasteiger partial charge is 0.497 e. The van der Waals surface area contributed by atoms with Gasteiger partial charge in [0.1, 0.15) is 22.1 Å². The Morgan fingerprint density at radius 1 is 0.846 bits per heavy atom. The molecule has 0 aromatic heterocycles. The monoisotopic (exact) mass is 547 g/mol. The van der Waals surface area contributed by atoms with Gasteiger partial charge in [-0.25, -0.2) is 0 Å². The molecule has 3 amide bonds. The summed E-state index contributed by atoms with van der Waals surface area (Å²) < 4.78 is 15.4. The van der Waals surface area contributed by atoms with Crippen LogP contribution in [0.25, 0.3) is 0 Å². The van der Waals surface area contributed by atoms with Crippen molar-refractivity contribution in [2.75, 3.05) is 45.1 Å². The van der Waals surface area contributed by atoms with Gasteiger partial charge in [-0.3, -0.25) is 19.3 Å². The van der Waals surface area contributed by atoms with Crippen LogP contribution in [0, 0.1) is 0 Å². The predicted octanol–water partition coefficient (Wildman–Crippen LogP) is 4.78. The average Bonchev–Trinajstić information content (AvgIpc) is 3.17. The summed E-state index contributed by atoms with van der Waals surface area (Å²) in [5.74, 6) is 0.262. The van der Waals surface area contributed by atoms with Crippen LogP contribution in [-0.4, -0.2) is 57.1 Å². The Morgan fingerprint density at radius 2 is 1.51 bits per heavy atom. The number of carbonyl (C=O) groups excluding carboxylic acids is 3. The van der Waals surface area contributed by atoms with Gasteiger partial charge in [0.2, 0.25) is 0 Å². The molecule has 9 nitrogen and oxygen atoms in total. The molecule has 0 saturated carbocycles. The average molecular weight is 548 g/mol. The molecule has 0 atom stereocenters. The number of imide groups is 1. The molecule has 2 N–H and O–H groups in total. The molecule has 0 saturated heterocycles. The standard InChI is InChI=1S/C29H29N3O6S/c1-36-17-5-16-32-28(34)25(30-20-10-14-23(38-3)15-11-20)26(29(32)35)39-24-7-4-6-21(18-24)31-27(33)19-8-12-22(37-2)13-9-19/h4,6-15,18,30H,5,16-17H2,1-3H3,(H,31,33). The highest BCUT2D eigenvalue weighted by Gasteiger charge is 2.38. The van der Waals surface area contributed by atoms with E-state index in [1.807, 2.05) is 6.07 Å². The van der Waals surface area contributed by atoms with Crippen LogP contribution < -0.4 is 20.1 Å². The summed E-state index contributed by atoms with van der Waals surface area (Å²) in [6.07, 6.45) is 0.522. The van der Waals surface area contributed by atoms with E-state index < -0.39 is 5.91 Å². The van der Waals surface area contributed by atoms with Gasteiger partial charge in [-0.1, -0.05) is 17.8 Å². The first kappa shape index (κ1) is 27.7. The molecule has 202 valence electrons. The normalized spacial score (nSPS) is 13.1. The molecule has 0 bridgehead atoms. The van der Waals surface area contributed by atoms with Crippen molar-refractivity contribution in [3.05, 3.63) is 89.0 Å². The molecule has 10 heteroatoms. The van der Waals surface area contributed by atoms with Gasteiger partial charge in [0, 0.05) is 42.1 Å². The molecule has 0 aliphatic carbocycles. The number of carbonyl (C=O) groups is 3. The van der Waals surface area contributed by atoms with Gasteiger partial charge in [0.05, 0.1) is 14.2 Å². The van der Waals surface area contributed by atoms with E-state index in [0.29, 0.717) is 46.4 Å². The Morgan fingerprint density at radius 3 is 2.15 bits per heavy atom. The highest BCUT2D eigenvalue weighted by molar-refractivity contribution is 8.04. The van der Waals surface area contributed by atoms with E-state index in [9.17, 15) is 14.4 Å². The quantitative estimate of drug-likeness (QED) is 0.247. The zero-order valence-corrected chi connectivity index (χ0v) is 22.7. The summed E-state index contributed by atoms with van der Waals surface area (Å²) in [5.41, 5.74) is 1.87. The second-order valence-electron chi connectivity index (χ2n) is 8.48. The third-order valence-electron chi connectivity index (χ3n) is 5.88. The van der Waals surface area contributed by atoms with Crippen LogP contribution in [-0.2, 0) is 14.3 Å². The number of benzene rings is 3. The minimum Gasteiger partial charge on any atom is -0.497 e. The molecular formula is C29H29N3O6S. The van der Waals surface area contributed by atoms with Crippen LogP contribution in [0.1, 0.15) is 16.8 Å². The van der Waals surface area contributed by atoms with Crippen molar-refractivity contribution in [3.8, 4) is 11.5 Å². The van der Waals surface area contributed by atoms with E-state index in [0.717, 1.165) is 11.8 Å². The Balaban J connectivity index is 1.56. The van der Waals surface area contributed by atoms with Gasteiger partial charge in [-0.05, 0) is 73.2 Å². The van der Waals surface area contributed by atoms with E-state index in [1.54, 1.807) is 88.1 Å². The summed E-state index contributed by atoms with van der Waals surface area (Å²) in [7, 11) is 4.71. The van der Waals surface area contributed by atoms with Gasteiger partial charge in [0.25, 0.3) is 17.7 Å². The van der Waals surface area contributed by atoms with E-state index in [4.69, 9.17) is 14.2 Å². The maximum Gasteiger partial charge on any atom is 0.278 e. The maximum absolute atomic E-state index is 13.4. The van der Waals surface area contributed by atoms with E-state index in [2.05, 4.69) is 10.6 Å². The van der Waals surface area contributed by atoms with Crippen molar-refractivity contribution >= 4 is 40.9 Å². The molecule has 0 radical (unpaired) electrons. The molecule has 1 aliphatic rings. The highest BCUT2D eigenvalue weighted by Crippen LogP contribution is 2.37. The first-order valence-electron chi connectivity index (χ1n) is 12.2. The van der Waals surface area contributed by atoms with Crippen LogP contribution in [0.3, 0.4) is 0 Å². The SMILES string of the molecule is COCCCN1C(=O)C(Nc2ccc(OC)cc2)=C(Sc2cccc(NC(=O)c3ccc(OC)cc3)c2)C1=O. The number of ether oxygens (including phenoxy) is 3. The Hall–Kier alpha value is -4.28. The van der Waals surface area contributed by atoms with Gasteiger partial charge in [-0.15, -0.1) is 0 Å². The molecule has 3 aromatic carbocycles. The summed E-state index contributed by atoms with van der Waals surface area (Å²) >= 11 is 1.16. The Kier molecular flexibility index (Phi) is 9.24. The minimum absolute atomic E-state index is 0.195. The molecule has 1 heterocycles. The molecule has 0 spiro atoms. The van der Waals surface area contributed by atoms with Gasteiger partial charge < -0.3 is 24.8 Å². The fraction of sp³-hybridized carbons (Fsp3) is 0.207. The number of hydrogen-bond acceptors (Lipinski definition) is 8.